The number of hydrogen-bond acceptors (Lipinski definition) is 3. The van der Waals surface area contributed by atoms with E-state index in [4.69, 9.17) is 12.2 Å². The third-order valence-electron chi connectivity index (χ3n) is 2.04. The average Bonchev–Trinajstić information content (AvgIpc) is 2.30. The van der Waals surface area contributed by atoms with Crippen LogP contribution in [0.3, 0.4) is 0 Å². The van der Waals surface area contributed by atoms with Gasteiger partial charge in [0, 0.05) is 24.7 Å². The standard InChI is InChI=1S/C12H15N3O2S/c1-3-11(17)14-9-4-6-10(7-5-9)15-12(18)13-8(2)16/h4-7H,3H2,1-2H3,(H,14,17)(H2,13,15,16,18). The molecular weight excluding hydrogens is 250 g/mol. The van der Waals surface area contributed by atoms with Crippen molar-refractivity contribution in [2.45, 2.75) is 20.3 Å². The average molecular weight is 265 g/mol. The van der Waals surface area contributed by atoms with E-state index >= 15 is 0 Å². The number of nitrogens with one attached hydrogen (secondary N) is 3. The molecule has 1 aromatic rings. The molecule has 1 rings (SSSR count). The fourth-order valence-electron chi connectivity index (χ4n) is 1.21. The Morgan fingerprint density at radius 2 is 1.61 bits per heavy atom. The Morgan fingerprint density at radius 3 is 2.06 bits per heavy atom. The Hall–Kier alpha value is -1.95. The van der Waals surface area contributed by atoms with Crippen LogP contribution in [0.5, 0.6) is 0 Å². The van der Waals surface area contributed by atoms with Crippen molar-refractivity contribution >= 4 is 40.5 Å². The minimum Gasteiger partial charge on any atom is -0.332 e. The second-order valence-corrected chi connectivity index (χ2v) is 4.02. The van der Waals surface area contributed by atoms with Gasteiger partial charge in [-0.2, -0.15) is 0 Å². The zero-order chi connectivity index (χ0) is 13.5. The molecule has 0 unspecified atom stereocenters. The van der Waals surface area contributed by atoms with E-state index in [0.29, 0.717) is 6.42 Å². The maximum absolute atomic E-state index is 11.2. The summed E-state index contributed by atoms with van der Waals surface area (Å²) >= 11 is 4.92. The van der Waals surface area contributed by atoms with Crippen LogP contribution in [0.25, 0.3) is 0 Å². The van der Waals surface area contributed by atoms with E-state index < -0.39 is 0 Å². The predicted octanol–water partition coefficient (Wildman–Crippen LogP) is 1.87. The van der Waals surface area contributed by atoms with Crippen molar-refractivity contribution in [3.8, 4) is 0 Å². The van der Waals surface area contributed by atoms with Crippen LogP contribution < -0.4 is 16.0 Å². The molecule has 1 aromatic carbocycles. The summed E-state index contributed by atoms with van der Waals surface area (Å²) < 4.78 is 0. The normalized spacial score (nSPS) is 9.44. The van der Waals surface area contributed by atoms with Gasteiger partial charge in [0.2, 0.25) is 11.8 Å². The maximum Gasteiger partial charge on any atom is 0.224 e. The zero-order valence-corrected chi connectivity index (χ0v) is 11.1. The Labute approximate surface area is 111 Å². The fourth-order valence-corrected chi connectivity index (χ4v) is 1.47. The summed E-state index contributed by atoms with van der Waals surface area (Å²) in [5, 5.41) is 8.29. The first-order valence-electron chi connectivity index (χ1n) is 5.49. The van der Waals surface area contributed by atoms with Gasteiger partial charge in [-0.15, -0.1) is 0 Å². The summed E-state index contributed by atoms with van der Waals surface area (Å²) in [6, 6.07) is 7.04. The highest BCUT2D eigenvalue weighted by molar-refractivity contribution is 7.80. The number of benzene rings is 1. The maximum atomic E-state index is 11.2. The van der Waals surface area contributed by atoms with Crippen LogP contribution in [0.4, 0.5) is 11.4 Å². The van der Waals surface area contributed by atoms with Crippen molar-refractivity contribution in [3.63, 3.8) is 0 Å². The number of carbonyl (C=O) groups is 2. The van der Waals surface area contributed by atoms with Crippen LogP contribution in [0.1, 0.15) is 20.3 Å². The van der Waals surface area contributed by atoms with Crippen molar-refractivity contribution in [1.29, 1.82) is 0 Å². The Morgan fingerprint density at radius 1 is 1.11 bits per heavy atom. The molecule has 0 aliphatic carbocycles. The molecule has 0 fully saturated rings. The molecule has 0 saturated carbocycles. The molecule has 6 heteroatoms. The molecule has 0 aromatic heterocycles. The molecule has 0 atom stereocenters. The van der Waals surface area contributed by atoms with Crippen molar-refractivity contribution in [1.82, 2.24) is 5.32 Å². The zero-order valence-electron chi connectivity index (χ0n) is 10.2. The first kappa shape index (κ1) is 14.1. The van der Waals surface area contributed by atoms with Crippen LogP contribution in [0.2, 0.25) is 0 Å². The lowest BCUT2D eigenvalue weighted by Crippen LogP contribution is -2.32. The van der Waals surface area contributed by atoms with Gasteiger partial charge in [-0.1, -0.05) is 6.92 Å². The van der Waals surface area contributed by atoms with Gasteiger partial charge in [0.05, 0.1) is 0 Å². The highest BCUT2D eigenvalue weighted by Gasteiger charge is 2.01. The molecule has 2 amide bonds. The third-order valence-corrected chi connectivity index (χ3v) is 2.24. The molecule has 18 heavy (non-hydrogen) atoms. The summed E-state index contributed by atoms with van der Waals surface area (Å²) in [6.07, 6.45) is 0.437. The summed E-state index contributed by atoms with van der Waals surface area (Å²) in [4.78, 5) is 21.9. The van der Waals surface area contributed by atoms with Gasteiger partial charge in [-0.3, -0.25) is 9.59 Å². The molecule has 0 bridgehead atoms. The quantitative estimate of drug-likeness (QED) is 0.730. The molecule has 0 heterocycles. The number of thiocarbonyl (C=S) groups is 1. The molecular formula is C12H15N3O2S. The fraction of sp³-hybridized carbons (Fsp3) is 0.250. The molecule has 0 aliphatic rings. The van der Waals surface area contributed by atoms with Crippen LogP contribution in [-0.4, -0.2) is 16.9 Å². The Kier molecular flexibility index (Phi) is 5.26. The largest absolute Gasteiger partial charge is 0.332 e. The lowest BCUT2D eigenvalue weighted by atomic mass is 10.2. The van der Waals surface area contributed by atoms with Crippen LogP contribution in [-0.2, 0) is 9.59 Å². The van der Waals surface area contributed by atoms with Crippen LogP contribution in [0, 0.1) is 0 Å². The van der Waals surface area contributed by atoms with E-state index in [9.17, 15) is 9.59 Å². The number of anilines is 2. The van der Waals surface area contributed by atoms with Gasteiger partial charge in [-0.25, -0.2) is 0 Å². The summed E-state index contributed by atoms with van der Waals surface area (Å²) in [6.45, 7) is 3.18. The minimum absolute atomic E-state index is 0.0375. The number of rotatable bonds is 3. The van der Waals surface area contributed by atoms with Crippen molar-refractivity contribution in [2.75, 3.05) is 10.6 Å². The molecule has 0 saturated heterocycles. The van der Waals surface area contributed by atoms with Crippen molar-refractivity contribution in [3.05, 3.63) is 24.3 Å². The molecule has 0 radical (unpaired) electrons. The highest BCUT2D eigenvalue weighted by Crippen LogP contribution is 2.13. The Balaban J connectivity index is 2.57. The van der Waals surface area contributed by atoms with Crippen molar-refractivity contribution < 1.29 is 9.59 Å². The van der Waals surface area contributed by atoms with Gasteiger partial charge in [0.15, 0.2) is 5.11 Å². The molecule has 5 nitrogen and oxygen atoms in total. The number of hydrogen-bond donors (Lipinski definition) is 3. The first-order chi connectivity index (χ1) is 8.51. The molecule has 0 aliphatic heterocycles. The van der Waals surface area contributed by atoms with E-state index in [1.54, 1.807) is 31.2 Å². The smallest absolute Gasteiger partial charge is 0.224 e. The topological polar surface area (TPSA) is 70.2 Å². The second-order valence-electron chi connectivity index (χ2n) is 3.61. The Bertz CT molecular complexity index is 457. The second kappa shape index (κ2) is 6.70. The van der Waals surface area contributed by atoms with E-state index in [0.717, 1.165) is 11.4 Å². The van der Waals surface area contributed by atoms with Crippen molar-refractivity contribution in [2.24, 2.45) is 0 Å². The molecule has 0 spiro atoms. The summed E-state index contributed by atoms with van der Waals surface area (Å²) in [5.41, 5.74) is 1.46. The van der Waals surface area contributed by atoms with Gasteiger partial charge >= 0.3 is 0 Å². The highest BCUT2D eigenvalue weighted by atomic mass is 32.1. The monoisotopic (exact) mass is 265 g/mol. The number of carbonyl (C=O) groups excluding carboxylic acids is 2. The lowest BCUT2D eigenvalue weighted by Gasteiger charge is -2.09. The summed E-state index contributed by atoms with van der Waals surface area (Å²) in [7, 11) is 0. The van der Waals surface area contributed by atoms with E-state index in [2.05, 4.69) is 16.0 Å². The molecule has 3 N–H and O–H groups in total. The number of amides is 2. The summed E-state index contributed by atoms with van der Waals surface area (Å²) in [5.74, 6) is -0.260. The van der Waals surface area contributed by atoms with Crippen LogP contribution >= 0.6 is 12.2 Å². The predicted molar refractivity (Wildman–Crippen MR) is 75.4 cm³/mol. The van der Waals surface area contributed by atoms with Gasteiger partial charge in [-0.05, 0) is 36.5 Å². The van der Waals surface area contributed by atoms with E-state index in [1.165, 1.54) is 6.92 Å². The van der Waals surface area contributed by atoms with Gasteiger partial charge < -0.3 is 16.0 Å². The first-order valence-corrected chi connectivity index (χ1v) is 5.90. The minimum atomic E-state index is -0.223. The van der Waals surface area contributed by atoms with Crippen LogP contribution in [0.15, 0.2) is 24.3 Å². The van der Waals surface area contributed by atoms with Gasteiger partial charge in [0.25, 0.3) is 0 Å². The van der Waals surface area contributed by atoms with Gasteiger partial charge in [0.1, 0.15) is 0 Å². The lowest BCUT2D eigenvalue weighted by molar-refractivity contribution is -0.117. The van der Waals surface area contributed by atoms with E-state index in [1.807, 2.05) is 0 Å². The SMILES string of the molecule is CCC(=O)Nc1ccc(NC(=S)NC(C)=O)cc1. The third kappa shape index (κ3) is 4.92. The molecule has 96 valence electrons. The van der Waals surface area contributed by atoms with E-state index in [-0.39, 0.29) is 16.9 Å².